The molecule has 0 atom stereocenters. The van der Waals surface area contributed by atoms with Crippen molar-refractivity contribution in [3.05, 3.63) is 33.7 Å². The van der Waals surface area contributed by atoms with Crippen LogP contribution in [0.15, 0.2) is 28.6 Å². The first-order valence-corrected chi connectivity index (χ1v) is 3.05. The van der Waals surface area contributed by atoms with Crippen molar-refractivity contribution in [3.8, 4) is 0 Å². The molecule has 0 aromatic heterocycles. The Morgan fingerprint density at radius 1 is 1.50 bits per heavy atom. The zero-order valence-electron chi connectivity index (χ0n) is 7.76. The molecule has 0 nitrogen and oxygen atoms in total. The van der Waals surface area contributed by atoms with Crippen LogP contribution in [0, 0.1) is 0 Å². The molecule has 2 heteroatoms. The van der Waals surface area contributed by atoms with Gasteiger partial charge in [0.15, 0.2) is 0 Å². The molecule has 0 fully saturated rings. The standard InChI is InChI=1S/C6H4BrCl/c7-5-3-1-2-4-6(5)8/h1-4H/i1D,2D,3D,4D. The van der Waals surface area contributed by atoms with E-state index in [0.29, 0.717) is 0 Å². The van der Waals surface area contributed by atoms with Crippen molar-refractivity contribution in [1.82, 2.24) is 0 Å². The van der Waals surface area contributed by atoms with Crippen LogP contribution in [0.5, 0.6) is 0 Å². The van der Waals surface area contributed by atoms with Gasteiger partial charge in [-0.25, -0.2) is 0 Å². The Morgan fingerprint density at radius 2 is 2.12 bits per heavy atom. The molecule has 0 N–H and O–H groups in total. The van der Waals surface area contributed by atoms with E-state index in [9.17, 15) is 0 Å². The minimum Gasteiger partial charge on any atom is -0.0831 e. The molecule has 0 radical (unpaired) electrons. The Morgan fingerprint density at radius 3 is 2.88 bits per heavy atom. The third-order valence-corrected chi connectivity index (χ3v) is 1.71. The predicted molar refractivity (Wildman–Crippen MR) is 39.2 cm³/mol. The van der Waals surface area contributed by atoms with E-state index in [2.05, 4.69) is 15.9 Å². The third kappa shape index (κ3) is 1.23. The van der Waals surface area contributed by atoms with E-state index in [1.165, 1.54) is 0 Å². The van der Waals surface area contributed by atoms with Crippen molar-refractivity contribution in [2.45, 2.75) is 0 Å². The first-order chi connectivity index (χ1) is 5.46. The number of hydrogen-bond acceptors (Lipinski definition) is 0. The smallest absolute Gasteiger partial charge is 0.0639 e. The lowest BCUT2D eigenvalue weighted by Crippen LogP contribution is -1.62. The van der Waals surface area contributed by atoms with E-state index in [0.717, 1.165) is 0 Å². The Labute approximate surface area is 67.2 Å². The van der Waals surface area contributed by atoms with Crippen LogP contribution in [0.1, 0.15) is 5.48 Å². The van der Waals surface area contributed by atoms with Gasteiger partial charge in [-0.1, -0.05) is 23.7 Å². The highest BCUT2D eigenvalue weighted by Crippen LogP contribution is 2.20. The molecule has 0 amide bonds. The Hall–Kier alpha value is -0.0100. The van der Waals surface area contributed by atoms with Gasteiger partial charge in [0.25, 0.3) is 0 Å². The van der Waals surface area contributed by atoms with Crippen LogP contribution in [-0.2, 0) is 0 Å². The summed E-state index contributed by atoms with van der Waals surface area (Å²) in [6, 6.07) is -0.963. The Balaban J connectivity index is 3.60. The monoisotopic (exact) mass is 194 g/mol. The van der Waals surface area contributed by atoms with E-state index >= 15 is 0 Å². The number of benzene rings is 1. The van der Waals surface area contributed by atoms with Gasteiger partial charge in [-0.2, -0.15) is 0 Å². The fourth-order valence-corrected chi connectivity index (χ4v) is 0.575. The highest BCUT2D eigenvalue weighted by atomic mass is 79.9. The molecule has 0 aliphatic heterocycles. The minimum atomic E-state index is -0.312. The average Bonchev–Trinajstić information content (AvgIpc) is 2.08. The largest absolute Gasteiger partial charge is 0.0831 e. The minimum absolute atomic E-state index is 0.0148. The first-order valence-electron chi connectivity index (χ1n) is 3.88. The predicted octanol–water partition coefficient (Wildman–Crippen LogP) is 3.10. The summed E-state index contributed by atoms with van der Waals surface area (Å²) in [4.78, 5) is 0. The van der Waals surface area contributed by atoms with Gasteiger partial charge in [-0.05, 0) is 28.0 Å². The molecule has 1 rings (SSSR count). The topological polar surface area (TPSA) is 0 Å². The van der Waals surface area contributed by atoms with E-state index in [1.807, 2.05) is 0 Å². The van der Waals surface area contributed by atoms with Crippen molar-refractivity contribution >= 4 is 27.5 Å². The molecule has 42 valence electrons. The summed E-state index contributed by atoms with van der Waals surface area (Å²) in [5, 5.41) is 0.0148. The second kappa shape index (κ2) is 2.51. The average molecular weight is 195 g/mol. The van der Waals surface area contributed by atoms with Crippen molar-refractivity contribution in [2.75, 3.05) is 0 Å². The van der Waals surface area contributed by atoms with Gasteiger partial charge in [-0.15, -0.1) is 0 Å². The van der Waals surface area contributed by atoms with E-state index in [4.69, 9.17) is 17.1 Å². The SMILES string of the molecule is [2H]c1c([2H])c([2H])c(Br)c(Cl)c1[2H]. The summed E-state index contributed by atoms with van der Waals surface area (Å²) in [6.45, 7) is 0. The lowest BCUT2D eigenvalue weighted by atomic mass is 10.4. The summed E-state index contributed by atoms with van der Waals surface area (Å²) in [6.07, 6.45) is 0. The molecule has 0 saturated carbocycles. The molecule has 0 saturated heterocycles. The van der Waals surface area contributed by atoms with Crippen molar-refractivity contribution in [2.24, 2.45) is 0 Å². The summed E-state index contributed by atoms with van der Waals surface area (Å²) >= 11 is 8.57. The molecule has 8 heavy (non-hydrogen) atoms. The van der Waals surface area contributed by atoms with Gasteiger partial charge in [0.1, 0.15) is 0 Å². The van der Waals surface area contributed by atoms with Crippen molar-refractivity contribution in [3.63, 3.8) is 0 Å². The second-order valence-electron chi connectivity index (χ2n) is 1.13. The third-order valence-electron chi connectivity index (χ3n) is 0.600. The lowest BCUT2D eigenvalue weighted by Gasteiger charge is -1.88. The lowest BCUT2D eigenvalue weighted by molar-refractivity contribution is 1.65. The van der Waals surface area contributed by atoms with E-state index < -0.39 is 0 Å². The highest BCUT2D eigenvalue weighted by Gasteiger charge is 1.88. The fourth-order valence-electron chi connectivity index (χ4n) is 0.282. The molecule has 1 aromatic carbocycles. The fraction of sp³-hybridized carbons (Fsp3) is 0. The second-order valence-corrected chi connectivity index (χ2v) is 2.30. The van der Waals surface area contributed by atoms with Gasteiger partial charge >= 0.3 is 0 Å². The molecule has 0 spiro atoms. The summed E-state index contributed by atoms with van der Waals surface area (Å²) in [5.74, 6) is 0. The summed E-state index contributed by atoms with van der Waals surface area (Å²) < 4.78 is 29.2. The van der Waals surface area contributed by atoms with Crippen LogP contribution in [-0.4, -0.2) is 0 Å². The van der Waals surface area contributed by atoms with Crippen molar-refractivity contribution in [1.29, 1.82) is 0 Å². The van der Waals surface area contributed by atoms with Crippen LogP contribution < -0.4 is 0 Å². The zero-order valence-corrected chi connectivity index (χ0v) is 6.10. The summed E-state index contributed by atoms with van der Waals surface area (Å²) in [7, 11) is 0. The van der Waals surface area contributed by atoms with Crippen LogP contribution in [0.2, 0.25) is 5.02 Å². The van der Waals surface area contributed by atoms with Crippen LogP contribution >= 0.6 is 27.5 Å². The van der Waals surface area contributed by atoms with Crippen LogP contribution in [0.4, 0.5) is 0 Å². The molecule has 0 aliphatic carbocycles. The van der Waals surface area contributed by atoms with Gasteiger partial charge in [0.05, 0.1) is 10.5 Å². The van der Waals surface area contributed by atoms with E-state index in [-0.39, 0.29) is 33.7 Å². The maximum atomic E-state index is 7.30. The summed E-state index contributed by atoms with van der Waals surface area (Å²) in [5.41, 5.74) is 0. The number of hydrogen-bond donors (Lipinski definition) is 0. The van der Waals surface area contributed by atoms with Gasteiger partial charge < -0.3 is 0 Å². The maximum Gasteiger partial charge on any atom is 0.0639 e. The molecule has 0 bridgehead atoms. The highest BCUT2D eigenvalue weighted by molar-refractivity contribution is 9.10. The van der Waals surface area contributed by atoms with Gasteiger partial charge in [0.2, 0.25) is 0 Å². The molecule has 1 aromatic rings. The molecular weight excluding hydrogens is 187 g/mol. The first kappa shape index (κ1) is 2.72. The van der Waals surface area contributed by atoms with Crippen molar-refractivity contribution < 1.29 is 5.48 Å². The van der Waals surface area contributed by atoms with E-state index in [1.54, 1.807) is 0 Å². The van der Waals surface area contributed by atoms with Crippen LogP contribution in [0.3, 0.4) is 0 Å². The van der Waals surface area contributed by atoms with Gasteiger partial charge in [0, 0.05) is 4.47 Å². The zero-order chi connectivity index (χ0) is 9.46. The molecule has 0 heterocycles. The molecule has 0 aliphatic rings. The maximum absolute atomic E-state index is 7.30. The van der Waals surface area contributed by atoms with Gasteiger partial charge in [-0.3, -0.25) is 0 Å². The number of rotatable bonds is 0. The molecular formula is C6H4BrCl. The number of halogens is 2. The Kier molecular flexibility index (Phi) is 0.853. The Bertz CT molecular complexity index is 234. The van der Waals surface area contributed by atoms with Crippen LogP contribution in [0.25, 0.3) is 0 Å². The quantitative estimate of drug-likeness (QED) is 0.597. The normalized spacial score (nSPS) is 16.2. The molecule has 0 unspecified atom stereocenters.